The minimum atomic E-state index is -2.60. The van der Waals surface area contributed by atoms with Crippen LogP contribution >= 0.6 is 0 Å². The van der Waals surface area contributed by atoms with Gasteiger partial charge in [-0.2, -0.15) is 0 Å². The van der Waals surface area contributed by atoms with Crippen LogP contribution in [0.5, 0.6) is 0 Å². The van der Waals surface area contributed by atoms with Crippen molar-refractivity contribution in [1.82, 2.24) is 29.5 Å². The van der Waals surface area contributed by atoms with Crippen molar-refractivity contribution in [3.8, 4) is 22.8 Å². The summed E-state index contributed by atoms with van der Waals surface area (Å²) in [4.78, 5) is 22.1. The molecule has 0 saturated heterocycles. The lowest BCUT2D eigenvalue weighted by Gasteiger charge is -2.10. The fraction of sp³-hybridized carbons (Fsp3) is 0.240. The second kappa shape index (κ2) is 8.53. The average molecular weight is 473 g/mol. The van der Waals surface area contributed by atoms with Gasteiger partial charge in [-0.1, -0.05) is 24.3 Å². The van der Waals surface area contributed by atoms with E-state index < -0.39 is 6.43 Å². The molecule has 35 heavy (non-hydrogen) atoms. The number of furan rings is 1. The Balaban J connectivity index is 1.26. The zero-order valence-corrected chi connectivity index (χ0v) is 18.8. The maximum atomic E-state index is 13.0. The standard InChI is InChI=1S/C25H21F2N7O/c1-34-12-19(22(26)27)32-25(34)16-4-2-14(3-5-16)10-29-24-21-18(8-9-35-21)31-23(33-24)17-11-28-13-30-20(17)15-6-7-15/h2-5,8-9,11-13,15,22H,6-7,10H2,1H3,(H,29,31,33). The highest BCUT2D eigenvalue weighted by atomic mass is 19.3. The monoisotopic (exact) mass is 473 g/mol. The first-order valence-corrected chi connectivity index (χ1v) is 11.3. The number of alkyl halides is 2. The maximum Gasteiger partial charge on any atom is 0.281 e. The summed E-state index contributed by atoms with van der Waals surface area (Å²) in [5, 5.41) is 3.35. The minimum Gasteiger partial charge on any atom is -0.459 e. The summed E-state index contributed by atoms with van der Waals surface area (Å²) >= 11 is 0. The molecule has 4 heterocycles. The Hall–Kier alpha value is -4.21. The molecule has 1 fully saturated rings. The van der Waals surface area contributed by atoms with Gasteiger partial charge in [-0.05, 0) is 18.4 Å². The molecule has 5 aromatic rings. The summed E-state index contributed by atoms with van der Waals surface area (Å²) < 4.78 is 33.2. The third-order valence-corrected chi connectivity index (χ3v) is 6.04. The lowest BCUT2D eigenvalue weighted by Crippen LogP contribution is -2.05. The van der Waals surface area contributed by atoms with E-state index >= 15 is 0 Å². The fourth-order valence-electron chi connectivity index (χ4n) is 4.12. The van der Waals surface area contributed by atoms with E-state index in [1.165, 1.54) is 6.20 Å². The molecule has 10 heteroatoms. The molecule has 1 aliphatic rings. The van der Waals surface area contributed by atoms with Gasteiger partial charge in [0, 0.05) is 43.5 Å². The second-order valence-corrected chi connectivity index (χ2v) is 8.58. The predicted molar refractivity (Wildman–Crippen MR) is 126 cm³/mol. The molecule has 0 aliphatic heterocycles. The van der Waals surface area contributed by atoms with Crippen LogP contribution < -0.4 is 5.32 Å². The Bertz CT molecular complexity index is 1510. The Labute approximate surface area is 199 Å². The molecule has 1 saturated carbocycles. The topological polar surface area (TPSA) is 94.6 Å². The molecule has 1 aliphatic carbocycles. The largest absolute Gasteiger partial charge is 0.459 e. The zero-order valence-electron chi connectivity index (χ0n) is 18.8. The molecule has 176 valence electrons. The summed E-state index contributed by atoms with van der Waals surface area (Å²) in [7, 11) is 1.71. The van der Waals surface area contributed by atoms with Crippen molar-refractivity contribution in [1.29, 1.82) is 0 Å². The van der Waals surface area contributed by atoms with Gasteiger partial charge in [0.15, 0.2) is 17.2 Å². The Kier molecular flexibility index (Phi) is 5.20. The average Bonchev–Trinajstić information content (AvgIpc) is 3.48. The van der Waals surface area contributed by atoms with Gasteiger partial charge >= 0.3 is 0 Å². The normalized spacial score (nSPS) is 13.6. The highest BCUT2D eigenvalue weighted by Crippen LogP contribution is 2.42. The number of nitrogens with zero attached hydrogens (tertiary/aromatic N) is 6. The Morgan fingerprint density at radius 3 is 2.69 bits per heavy atom. The van der Waals surface area contributed by atoms with Crippen LogP contribution in [0.1, 0.15) is 42.1 Å². The zero-order chi connectivity index (χ0) is 23.9. The Morgan fingerprint density at radius 1 is 1.11 bits per heavy atom. The smallest absolute Gasteiger partial charge is 0.281 e. The van der Waals surface area contributed by atoms with E-state index in [1.54, 1.807) is 30.4 Å². The number of nitrogens with one attached hydrogen (secondary N) is 1. The summed E-state index contributed by atoms with van der Waals surface area (Å²) in [6.45, 7) is 0.482. The van der Waals surface area contributed by atoms with Crippen molar-refractivity contribution in [2.75, 3.05) is 5.32 Å². The summed E-state index contributed by atoms with van der Waals surface area (Å²) in [5.41, 5.74) is 4.60. The van der Waals surface area contributed by atoms with Gasteiger partial charge in [-0.15, -0.1) is 0 Å². The Morgan fingerprint density at radius 2 is 1.94 bits per heavy atom. The summed E-state index contributed by atoms with van der Waals surface area (Å²) in [6.07, 6.45) is 5.90. The van der Waals surface area contributed by atoms with E-state index in [-0.39, 0.29) is 5.69 Å². The lowest BCUT2D eigenvalue weighted by molar-refractivity contribution is 0.146. The molecule has 0 radical (unpaired) electrons. The van der Waals surface area contributed by atoms with E-state index in [0.717, 1.165) is 35.2 Å². The predicted octanol–water partition coefficient (Wildman–Crippen LogP) is 5.51. The van der Waals surface area contributed by atoms with Gasteiger partial charge in [0.1, 0.15) is 23.4 Å². The number of aromatic nitrogens is 6. The van der Waals surface area contributed by atoms with E-state index in [1.807, 2.05) is 30.3 Å². The number of halogens is 2. The first-order chi connectivity index (χ1) is 17.1. The number of hydrogen-bond acceptors (Lipinski definition) is 7. The molecule has 1 N–H and O–H groups in total. The van der Waals surface area contributed by atoms with Crippen molar-refractivity contribution >= 4 is 16.9 Å². The summed E-state index contributed by atoms with van der Waals surface area (Å²) in [5.74, 6) is 2.07. The molecule has 0 amide bonds. The first-order valence-electron chi connectivity index (χ1n) is 11.3. The van der Waals surface area contributed by atoms with Crippen LogP contribution in [0.4, 0.5) is 14.6 Å². The second-order valence-electron chi connectivity index (χ2n) is 8.58. The first kappa shape index (κ1) is 21.3. The van der Waals surface area contributed by atoms with Crippen molar-refractivity contribution < 1.29 is 13.2 Å². The molecular formula is C25H21F2N7O. The molecule has 1 aromatic carbocycles. The fourth-order valence-corrected chi connectivity index (χ4v) is 4.12. The third-order valence-electron chi connectivity index (χ3n) is 6.04. The number of anilines is 1. The number of rotatable bonds is 7. The molecule has 6 rings (SSSR count). The quantitative estimate of drug-likeness (QED) is 0.333. The number of benzene rings is 1. The van der Waals surface area contributed by atoms with Crippen molar-refractivity contribution in [3.05, 3.63) is 72.3 Å². The van der Waals surface area contributed by atoms with Crippen LogP contribution in [0.25, 0.3) is 33.9 Å². The van der Waals surface area contributed by atoms with Gasteiger partial charge in [0.05, 0.1) is 17.5 Å². The minimum absolute atomic E-state index is 0.232. The van der Waals surface area contributed by atoms with Gasteiger partial charge < -0.3 is 14.3 Å². The van der Waals surface area contributed by atoms with Crippen LogP contribution in [0.2, 0.25) is 0 Å². The third kappa shape index (κ3) is 4.11. The van der Waals surface area contributed by atoms with E-state index in [4.69, 9.17) is 9.40 Å². The van der Waals surface area contributed by atoms with Gasteiger partial charge in [0.25, 0.3) is 6.43 Å². The molecule has 0 bridgehead atoms. The number of imidazole rings is 1. The number of aryl methyl sites for hydroxylation is 1. The van der Waals surface area contributed by atoms with Crippen LogP contribution in [0.15, 0.2) is 59.7 Å². The van der Waals surface area contributed by atoms with Crippen LogP contribution in [0.3, 0.4) is 0 Å². The van der Waals surface area contributed by atoms with Gasteiger partial charge in [-0.3, -0.25) is 0 Å². The van der Waals surface area contributed by atoms with Crippen LogP contribution in [-0.4, -0.2) is 29.5 Å². The van der Waals surface area contributed by atoms with Crippen LogP contribution in [0, 0.1) is 0 Å². The van der Waals surface area contributed by atoms with Crippen molar-refractivity contribution in [2.24, 2.45) is 7.05 Å². The maximum absolute atomic E-state index is 13.0. The SMILES string of the molecule is Cn1cc(C(F)F)nc1-c1ccc(CNc2nc(-c3cncnc3C3CC3)nc3ccoc23)cc1. The van der Waals surface area contributed by atoms with E-state index in [2.05, 4.69) is 25.3 Å². The molecule has 0 unspecified atom stereocenters. The van der Waals surface area contributed by atoms with E-state index in [0.29, 0.717) is 41.0 Å². The molecule has 8 nitrogen and oxygen atoms in total. The molecular weight excluding hydrogens is 452 g/mol. The van der Waals surface area contributed by atoms with Gasteiger partial charge in [0.2, 0.25) is 0 Å². The summed E-state index contributed by atoms with van der Waals surface area (Å²) in [6, 6.07) is 9.40. The molecule has 0 atom stereocenters. The number of hydrogen-bond donors (Lipinski definition) is 1. The number of fused-ring (bicyclic) bond motifs is 1. The van der Waals surface area contributed by atoms with Crippen molar-refractivity contribution in [3.63, 3.8) is 0 Å². The van der Waals surface area contributed by atoms with Crippen molar-refractivity contribution in [2.45, 2.75) is 31.7 Å². The van der Waals surface area contributed by atoms with E-state index in [9.17, 15) is 8.78 Å². The highest BCUT2D eigenvalue weighted by molar-refractivity contribution is 5.85. The highest BCUT2D eigenvalue weighted by Gasteiger charge is 2.29. The van der Waals surface area contributed by atoms with Gasteiger partial charge in [-0.25, -0.2) is 33.7 Å². The lowest BCUT2D eigenvalue weighted by atomic mass is 10.1. The molecule has 4 aromatic heterocycles. The molecule has 0 spiro atoms. The van der Waals surface area contributed by atoms with Crippen LogP contribution in [-0.2, 0) is 13.6 Å².